The van der Waals surface area contributed by atoms with Crippen LogP contribution < -0.4 is 4.90 Å². The van der Waals surface area contributed by atoms with Crippen molar-refractivity contribution < 1.29 is 28.2 Å². The first-order valence-electron chi connectivity index (χ1n) is 8.97. The molecule has 1 aromatic heterocycles. The van der Waals surface area contributed by atoms with Crippen LogP contribution in [0, 0.1) is 11.8 Å². The van der Waals surface area contributed by atoms with Crippen LogP contribution >= 0.6 is 0 Å². The van der Waals surface area contributed by atoms with Gasteiger partial charge >= 0.3 is 6.18 Å². The Morgan fingerprint density at radius 3 is 2.37 bits per heavy atom. The maximum Gasteiger partial charge on any atom is 0.417 e. The number of hydrogen-bond acceptors (Lipinski definition) is 5. The van der Waals surface area contributed by atoms with Crippen LogP contribution in [0.25, 0.3) is 0 Å². The molecule has 152 valence electrons. The Bertz CT molecular complexity index is 711. The monoisotopic (exact) mass is 390 g/mol. The van der Waals surface area contributed by atoms with Crippen LogP contribution in [0.2, 0.25) is 0 Å². The predicted octanol–water partition coefficient (Wildman–Crippen LogP) is 1.71. The van der Waals surface area contributed by atoms with Crippen molar-refractivity contribution in [2.24, 2.45) is 18.9 Å². The number of rotatable bonds is 3. The molecule has 1 aromatic rings. The number of aryl methyl sites for hydroxylation is 1. The largest absolute Gasteiger partial charge is 0.417 e. The summed E-state index contributed by atoms with van der Waals surface area (Å²) in [5.74, 6) is -0.842. The summed E-state index contributed by atoms with van der Waals surface area (Å²) in [6.07, 6.45) is -2.98. The standard InChI is InChI=1S/C17H25F3N4O3/c1-16(27,17(18,19)20)11-6-4-10(5-7-11)8-24-14(25)12-13(21-9-22(12)2)23(3)15(24)26/h9-11,15,26-27H,4-8H2,1-3H3. The van der Waals surface area contributed by atoms with Crippen LogP contribution in [0.4, 0.5) is 19.0 Å². The molecule has 1 saturated carbocycles. The molecule has 0 saturated heterocycles. The second-order valence-electron chi connectivity index (χ2n) is 7.81. The smallest absolute Gasteiger partial charge is 0.380 e. The molecular formula is C17H25F3N4O3. The van der Waals surface area contributed by atoms with E-state index in [0.717, 1.165) is 6.92 Å². The van der Waals surface area contributed by atoms with Crippen molar-refractivity contribution in [3.63, 3.8) is 0 Å². The molecular weight excluding hydrogens is 365 g/mol. The Hall–Kier alpha value is -1.81. The summed E-state index contributed by atoms with van der Waals surface area (Å²) in [5, 5.41) is 20.3. The van der Waals surface area contributed by atoms with Gasteiger partial charge in [-0.15, -0.1) is 0 Å². The minimum atomic E-state index is -4.66. The molecule has 2 aliphatic rings. The Kier molecular flexibility index (Phi) is 4.92. The Morgan fingerprint density at radius 2 is 1.81 bits per heavy atom. The minimum absolute atomic E-state index is 0.0351. The van der Waals surface area contributed by atoms with Crippen molar-refractivity contribution in [1.29, 1.82) is 0 Å². The van der Waals surface area contributed by atoms with Crippen molar-refractivity contribution in [3.05, 3.63) is 12.0 Å². The van der Waals surface area contributed by atoms with Gasteiger partial charge in [0, 0.05) is 20.6 Å². The van der Waals surface area contributed by atoms with Crippen LogP contribution in [0.5, 0.6) is 0 Å². The molecule has 2 unspecified atom stereocenters. The molecule has 1 aliphatic heterocycles. The average Bonchev–Trinajstić information content (AvgIpc) is 2.98. The summed E-state index contributed by atoms with van der Waals surface area (Å²) in [4.78, 5) is 19.7. The quantitative estimate of drug-likeness (QED) is 0.821. The number of amides is 1. The van der Waals surface area contributed by atoms with Crippen LogP contribution in [0.15, 0.2) is 6.33 Å². The third-order valence-electron chi connectivity index (χ3n) is 6.01. The first-order chi connectivity index (χ1) is 12.4. The maximum atomic E-state index is 13.0. The van der Waals surface area contributed by atoms with Crippen molar-refractivity contribution in [3.8, 4) is 0 Å². The van der Waals surface area contributed by atoms with Gasteiger partial charge in [-0.3, -0.25) is 9.69 Å². The summed E-state index contributed by atoms with van der Waals surface area (Å²) in [6.45, 7) is 1.07. The Labute approximate surface area is 155 Å². The number of carbonyl (C=O) groups is 1. The highest BCUT2D eigenvalue weighted by Crippen LogP contribution is 2.44. The first kappa shape index (κ1) is 19.9. The van der Waals surface area contributed by atoms with Crippen LogP contribution in [-0.2, 0) is 7.05 Å². The van der Waals surface area contributed by atoms with Gasteiger partial charge < -0.3 is 19.7 Å². The number of aliphatic hydroxyl groups excluding tert-OH is 1. The number of hydrogen-bond donors (Lipinski definition) is 2. The van der Waals surface area contributed by atoms with E-state index in [9.17, 15) is 28.2 Å². The second-order valence-corrected chi connectivity index (χ2v) is 7.81. The number of halogens is 3. The number of anilines is 1. The van der Waals surface area contributed by atoms with E-state index in [0.29, 0.717) is 24.4 Å². The lowest BCUT2D eigenvalue weighted by atomic mass is 9.73. The van der Waals surface area contributed by atoms with E-state index >= 15 is 0 Å². The Morgan fingerprint density at radius 1 is 1.22 bits per heavy atom. The van der Waals surface area contributed by atoms with Crippen molar-refractivity contribution in [2.45, 2.75) is 50.7 Å². The fraction of sp³-hybridized carbons (Fsp3) is 0.765. The molecule has 27 heavy (non-hydrogen) atoms. The molecule has 1 aliphatic carbocycles. The molecule has 0 spiro atoms. The molecule has 0 radical (unpaired) electrons. The molecule has 10 heteroatoms. The number of imidazole rings is 1. The molecule has 2 N–H and O–H groups in total. The van der Waals surface area contributed by atoms with Crippen molar-refractivity contribution in [1.82, 2.24) is 14.5 Å². The molecule has 1 amide bonds. The zero-order chi connectivity index (χ0) is 20.1. The fourth-order valence-electron chi connectivity index (χ4n) is 4.08. The molecule has 2 heterocycles. The number of nitrogens with zero attached hydrogens (tertiary/aromatic N) is 4. The number of aromatic nitrogens is 2. The third kappa shape index (κ3) is 3.29. The molecule has 0 bridgehead atoms. The molecule has 1 fully saturated rings. The number of fused-ring (bicyclic) bond motifs is 1. The van der Waals surface area contributed by atoms with Gasteiger partial charge in [-0.05, 0) is 44.4 Å². The number of aliphatic hydroxyl groups is 2. The zero-order valence-corrected chi connectivity index (χ0v) is 15.6. The second kappa shape index (κ2) is 6.66. The first-order valence-corrected chi connectivity index (χ1v) is 8.97. The van der Waals surface area contributed by atoms with Gasteiger partial charge in [-0.25, -0.2) is 4.98 Å². The molecule has 0 aromatic carbocycles. The predicted molar refractivity (Wildman–Crippen MR) is 90.8 cm³/mol. The van der Waals surface area contributed by atoms with E-state index in [1.165, 1.54) is 16.1 Å². The summed E-state index contributed by atoms with van der Waals surface area (Å²) >= 11 is 0. The maximum absolute atomic E-state index is 13.0. The molecule has 2 atom stereocenters. The van der Waals surface area contributed by atoms with Gasteiger partial charge in [0.2, 0.25) is 6.35 Å². The normalized spacial score (nSPS) is 28.9. The van der Waals surface area contributed by atoms with Crippen LogP contribution in [0.3, 0.4) is 0 Å². The van der Waals surface area contributed by atoms with Crippen molar-refractivity contribution >= 4 is 11.7 Å². The highest BCUT2D eigenvalue weighted by Gasteiger charge is 2.55. The highest BCUT2D eigenvalue weighted by molar-refractivity contribution is 5.99. The highest BCUT2D eigenvalue weighted by atomic mass is 19.4. The van der Waals surface area contributed by atoms with Crippen LogP contribution in [0.1, 0.15) is 43.1 Å². The van der Waals surface area contributed by atoms with E-state index in [2.05, 4.69) is 4.98 Å². The lowest BCUT2D eigenvalue weighted by molar-refractivity contribution is -0.275. The third-order valence-corrected chi connectivity index (χ3v) is 6.01. The van der Waals surface area contributed by atoms with Crippen LogP contribution in [-0.4, -0.2) is 62.3 Å². The van der Waals surface area contributed by atoms with Gasteiger partial charge in [0.05, 0.1) is 6.33 Å². The van der Waals surface area contributed by atoms with Gasteiger partial charge in [0.25, 0.3) is 5.91 Å². The number of alkyl halides is 3. The van der Waals surface area contributed by atoms with E-state index in [4.69, 9.17) is 0 Å². The number of carbonyl (C=O) groups excluding carboxylic acids is 1. The van der Waals surface area contributed by atoms with E-state index in [1.54, 1.807) is 18.7 Å². The summed E-state index contributed by atoms with van der Waals surface area (Å²) < 4.78 is 40.7. The van der Waals surface area contributed by atoms with E-state index in [-0.39, 0.29) is 31.2 Å². The van der Waals surface area contributed by atoms with E-state index in [1.807, 2.05) is 0 Å². The lowest BCUT2D eigenvalue weighted by Gasteiger charge is -2.43. The Balaban J connectivity index is 1.67. The zero-order valence-electron chi connectivity index (χ0n) is 15.6. The average molecular weight is 390 g/mol. The fourth-order valence-corrected chi connectivity index (χ4v) is 4.08. The van der Waals surface area contributed by atoms with Gasteiger partial charge in [0.1, 0.15) is 0 Å². The van der Waals surface area contributed by atoms with Gasteiger partial charge in [-0.1, -0.05) is 0 Å². The lowest BCUT2D eigenvalue weighted by Crippen LogP contribution is -2.56. The SMILES string of the molecule is CN1c2ncn(C)c2C(=O)N(CC2CCC(C(C)(O)C(F)(F)F)CC2)C1O. The molecule has 7 nitrogen and oxygen atoms in total. The van der Waals surface area contributed by atoms with E-state index < -0.39 is 24.0 Å². The summed E-state index contributed by atoms with van der Waals surface area (Å²) in [6, 6.07) is 0. The topological polar surface area (TPSA) is 81.8 Å². The van der Waals surface area contributed by atoms with Crippen molar-refractivity contribution in [2.75, 3.05) is 18.5 Å². The van der Waals surface area contributed by atoms with Gasteiger partial charge in [-0.2, -0.15) is 13.2 Å². The summed E-state index contributed by atoms with van der Waals surface area (Å²) in [7, 11) is 3.32. The van der Waals surface area contributed by atoms with Gasteiger partial charge in [0.15, 0.2) is 17.1 Å². The minimum Gasteiger partial charge on any atom is -0.380 e. The molecule has 3 rings (SSSR count). The summed E-state index contributed by atoms with van der Waals surface area (Å²) in [5.41, 5.74) is -2.33.